The molecule has 0 aliphatic heterocycles. The Labute approximate surface area is 89.6 Å². The van der Waals surface area contributed by atoms with Crippen LogP contribution in [0.15, 0.2) is 10.5 Å². The zero-order valence-electron chi connectivity index (χ0n) is 7.29. The van der Waals surface area contributed by atoms with Crippen LogP contribution in [0.1, 0.15) is 4.88 Å². The van der Waals surface area contributed by atoms with Gasteiger partial charge in [0.25, 0.3) is 0 Å². The standard InChI is InChI=1S/C8H12BrNO2S/c1-12-8-7(9)3-6(13-8)2-5(10)4-11/h3,5,11H,2,4,10H2,1H3. The average Bonchev–Trinajstić information content (AvgIpc) is 2.46. The van der Waals surface area contributed by atoms with Crippen molar-refractivity contribution in [1.82, 2.24) is 0 Å². The van der Waals surface area contributed by atoms with Crippen molar-refractivity contribution in [2.45, 2.75) is 12.5 Å². The Bertz CT molecular complexity index is 277. The molecule has 3 nitrogen and oxygen atoms in total. The van der Waals surface area contributed by atoms with Gasteiger partial charge in [-0.15, -0.1) is 11.3 Å². The number of aliphatic hydroxyl groups is 1. The van der Waals surface area contributed by atoms with Crippen molar-refractivity contribution in [2.24, 2.45) is 5.73 Å². The summed E-state index contributed by atoms with van der Waals surface area (Å²) in [6.45, 7) is 0.0117. The fourth-order valence-corrected chi connectivity index (χ4v) is 2.74. The van der Waals surface area contributed by atoms with E-state index in [0.717, 1.165) is 14.4 Å². The Morgan fingerprint density at radius 2 is 2.46 bits per heavy atom. The molecule has 0 fully saturated rings. The number of halogens is 1. The lowest BCUT2D eigenvalue weighted by Gasteiger charge is -2.04. The van der Waals surface area contributed by atoms with Crippen molar-refractivity contribution in [3.05, 3.63) is 15.4 Å². The number of methoxy groups -OCH3 is 1. The summed E-state index contributed by atoms with van der Waals surface area (Å²) < 4.78 is 6.05. The number of ether oxygens (including phenoxy) is 1. The Hall–Kier alpha value is -0.100. The van der Waals surface area contributed by atoms with Gasteiger partial charge in [-0.3, -0.25) is 0 Å². The Kier molecular flexibility index (Phi) is 4.18. The fraction of sp³-hybridized carbons (Fsp3) is 0.500. The summed E-state index contributed by atoms with van der Waals surface area (Å²) in [5.41, 5.74) is 5.61. The van der Waals surface area contributed by atoms with Crippen LogP contribution in [0.3, 0.4) is 0 Å². The molecule has 1 aromatic heterocycles. The molecule has 1 aromatic rings. The molecule has 1 atom stereocenters. The predicted octanol–water partition coefficient (Wildman–Crippen LogP) is 1.38. The summed E-state index contributed by atoms with van der Waals surface area (Å²) in [5, 5.41) is 9.61. The van der Waals surface area contributed by atoms with Crippen LogP contribution in [-0.2, 0) is 6.42 Å². The van der Waals surface area contributed by atoms with Crippen LogP contribution >= 0.6 is 27.3 Å². The second-order valence-corrected chi connectivity index (χ2v) is 4.65. The van der Waals surface area contributed by atoms with E-state index in [1.54, 1.807) is 18.4 Å². The summed E-state index contributed by atoms with van der Waals surface area (Å²) in [4.78, 5) is 1.12. The van der Waals surface area contributed by atoms with Crippen LogP contribution in [-0.4, -0.2) is 24.9 Å². The third kappa shape index (κ3) is 2.95. The molecule has 0 aromatic carbocycles. The summed E-state index contributed by atoms with van der Waals surface area (Å²) in [6, 6.07) is 1.79. The summed E-state index contributed by atoms with van der Waals surface area (Å²) in [5.74, 6) is 0. The van der Waals surface area contributed by atoms with E-state index in [1.807, 2.05) is 6.07 Å². The molecule has 0 radical (unpaired) electrons. The molecule has 0 spiro atoms. The maximum absolute atomic E-state index is 8.77. The number of thiophene rings is 1. The molecule has 1 heterocycles. The van der Waals surface area contributed by atoms with E-state index in [-0.39, 0.29) is 12.6 Å². The van der Waals surface area contributed by atoms with Crippen molar-refractivity contribution < 1.29 is 9.84 Å². The Morgan fingerprint density at radius 3 is 2.92 bits per heavy atom. The lowest BCUT2D eigenvalue weighted by Crippen LogP contribution is -2.26. The molecule has 0 aliphatic rings. The van der Waals surface area contributed by atoms with Crippen LogP contribution in [0.4, 0.5) is 0 Å². The lowest BCUT2D eigenvalue weighted by atomic mass is 10.2. The molecule has 0 saturated heterocycles. The first-order valence-electron chi connectivity index (χ1n) is 3.86. The summed E-state index contributed by atoms with van der Waals surface area (Å²) in [7, 11) is 1.63. The molecule has 5 heteroatoms. The van der Waals surface area contributed by atoms with Crippen molar-refractivity contribution in [3.63, 3.8) is 0 Å². The maximum atomic E-state index is 8.77. The molecule has 0 aliphatic carbocycles. The zero-order valence-corrected chi connectivity index (χ0v) is 9.69. The maximum Gasteiger partial charge on any atom is 0.188 e. The van der Waals surface area contributed by atoms with Gasteiger partial charge in [-0.25, -0.2) is 0 Å². The van der Waals surface area contributed by atoms with Gasteiger partial charge < -0.3 is 15.6 Å². The van der Waals surface area contributed by atoms with E-state index < -0.39 is 0 Å². The van der Waals surface area contributed by atoms with Gasteiger partial charge in [0, 0.05) is 10.9 Å². The third-order valence-corrected chi connectivity index (χ3v) is 3.56. The Balaban J connectivity index is 2.67. The minimum atomic E-state index is -0.185. The normalized spacial score (nSPS) is 12.9. The highest BCUT2D eigenvalue weighted by Gasteiger charge is 2.09. The minimum Gasteiger partial charge on any atom is -0.486 e. The first-order chi connectivity index (χ1) is 6.17. The molecular weight excluding hydrogens is 254 g/mol. The van der Waals surface area contributed by atoms with Gasteiger partial charge in [-0.1, -0.05) is 0 Å². The van der Waals surface area contributed by atoms with E-state index in [0.29, 0.717) is 6.42 Å². The van der Waals surface area contributed by atoms with E-state index in [4.69, 9.17) is 15.6 Å². The van der Waals surface area contributed by atoms with Gasteiger partial charge in [0.05, 0.1) is 18.2 Å². The third-order valence-electron chi connectivity index (χ3n) is 1.59. The first-order valence-corrected chi connectivity index (χ1v) is 5.47. The average molecular weight is 266 g/mol. The number of aliphatic hydroxyl groups excluding tert-OH is 1. The highest BCUT2D eigenvalue weighted by molar-refractivity contribution is 9.10. The largest absolute Gasteiger partial charge is 0.486 e. The van der Waals surface area contributed by atoms with E-state index >= 15 is 0 Å². The van der Waals surface area contributed by atoms with Gasteiger partial charge in [-0.05, 0) is 28.4 Å². The van der Waals surface area contributed by atoms with E-state index in [1.165, 1.54) is 0 Å². The number of nitrogens with two attached hydrogens (primary N) is 1. The number of hydrogen-bond donors (Lipinski definition) is 2. The number of rotatable bonds is 4. The van der Waals surface area contributed by atoms with Crippen molar-refractivity contribution >= 4 is 27.3 Å². The second-order valence-electron chi connectivity index (χ2n) is 2.70. The van der Waals surface area contributed by atoms with Crippen LogP contribution in [0.5, 0.6) is 5.06 Å². The summed E-state index contributed by atoms with van der Waals surface area (Å²) in [6.07, 6.45) is 0.684. The highest BCUT2D eigenvalue weighted by Crippen LogP contribution is 2.34. The topological polar surface area (TPSA) is 55.5 Å². The molecule has 0 saturated carbocycles. The van der Waals surface area contributed by atoms with Crippen LogP contribution < -0.4 is 10.5 Å². The smallest absolute Gasteiger partial charge is 0.188 e. The molecule has 1 unspecified atom stereocenters. The van der Waals surface area contributed by atoms with Crippen LogP contribution in [0.25, 0.3) is 0 Å². The molecule has 74 valence electrons. The molecule has 3 N–H and O–H groups in total. The highest BCUT2D eigenvalue weighted by atomic mass is 79.9. The Morgan fingerprint density at radius 1 is 1.77 bits per heavy atom. The molecule has 0 bridgehead atoms. The molecular formula is C8H12BrNO2S. The molecule has 13 heavy (non-hydrogen) atoms. The van der Waals surface area contributed by atoms with E-state index in [2.05, 4.69) is 15.9 Å². The minimum absolute atomic E-state index is 0.0117. The monoisotopic (exact) mass is 265 g/mol. The predicted molar refractivity (Wildman–Crippen MR) is 57.3 cm³/mol. The zero-order chi connectivity index (χ0) is 9.84. The van der Waals surface area contributed by atoms with Gasteiger partial charge in [0.2, 0.25) is 0 Å². The van der Waals surface area contributed by atoms with Crippen molar-refractivity contribution in [3.8, 4) is 5.06 Å². The summed E-state index contributed by atoms with van der Waals surface area (Å²) >= 11 is 4.91. The SMILES string of the molecule is COc1sc(CC(N)CO)cc1Br. The van der Waals surface area contributed by atoms with Gasteiger partial charge in [0.15, 0.2) is 5.06 Å². The van der Waals surface area contributed by atoms with Crippen LogP contribution in [0, 0.1) is 0 Å². The fourth-order valence-electron chi connectivity index (χ4n) is 0.960. The van der Waals surface area contributed by atoms with Gasteiger partial charge >= 0.3 is 0 Å². The second kappa shape index (κ2) is 4.95. The lowest BCUT2D eigenvalue weighted by molar-refractivity contribution is 0.265. The van der Waals surface area contributed by atoms with Crippen molar-refractivity contribution in [1.29, 1.82) is 0 Å². The molecule has 1 rings (SSSR count). The molecule has 0 amide bonds. The van der Waals surface area contributed by atoms with Gasteiger partial charge in [-0.2, -0.15) is 0 Å². The van der Waals surface area contributed by atoms with Crippen LogP contribution in [0.2, 0.25) is 0 Å². The number of hydrogen-bond acceptors (Lipinski definition) is 4. The van der Waals surface area contributed by atoms with Gasteiger partial charge in [0.1, 0.15) is 0 Å². The van der Waals surface area contributed by atoms with Crippen molar-refractivity contribution in [2.75, 3.05) is 13.7 Å². The first kappa shape index (κ1) is 11.0. The quantitative estimate of drug-likeness (QED) is 0.865. The van der Waals surface area contributed by atoms with E-state index in [9.17, 15) is 0 Å².